The lowest BCUT2D eigenvalue weighted by molar-refractivity contribution is 0.0931. The number of nitrogens with zero attached hydrogens (tertiary/aromatic N) is 1. The molecule has 1 aromatic carbocycles. The third-order valence-corrected chi connectivity index (χ3v) is 3.35. The molecular weight excluding hydrogens is 266 g/mol. The highest BCUT2D eigenvalue weighted by atomic mass is 16.5. The Morgan fingerprint density at radius 2 is 2.14 bits per heavy atom. The average Bonchev–Trinajstić information content (AvgIpc) is 2.51. The first-order valence-electron chi connectivity index (χ1n) is 7.03. The number of rotatable bonds is 6. The highest BCUT2D eigenvalue weighted by Crippen LogP contribution is 2.20. The molecule has 0 saturated heterocycles. The number of anilines is 1. The summed E-state index contributed by atoms with van der Waals surface area (Å²) in [6.07, 6.45) is 0.782. The topological polar surface area (TPSA) is 63.2 Å². The quantitative estimate of drug-likeness (QED) is 0.856. The molecule has 1 unspecified atom stereocenters. The van der Waals surface area contributed by atoms with E-state index in [0.29, 0.717) is 18.0 Å². The van der Waals surface area contributed by atoms with Gasteiger partial charge in [-0.25, -0.2) is 4.98 Å². The molecule has 1 aromatic heterocycles. The van der Waals surface area contributed by atoms with Gasteiger partial charge >= 0.3 is 0 Å². The minimum atomic E-state index is -0.0892. The van der Waals surface area contributed by atoms with Gasteiger partial charge in [0.05, 0.1) is 11.1 Å². The minimum absolute atomic E-state index is 0.0578. The van der Waals surface area contributed by atoms with E-state index in [1.165, 1.54) is 0 Å². The number of carbonyl (C=O) groups is 1. The van der Waals surface area contributed by atoms with Crippen molar-refractivity contribution in [2.24, 2.45) is 0 Å². The molecule has 0 radical (unpaired) electrons. The van der Waals surface area contributed by atoms with Gasteiger partial charge in [0.25, 0.3) is 5.91 Å². The van der Waals surface area contributed by atoms with Crippen LogP contribution in [0.3, 0.4) is 0 Å². The maximum atomic E-state index is 12.5. The fraction of sp³-hybridized carbons (Fsp3) is 0.375. The summed E-state index contributed by atoms with van der Waals surface area (Å²) in [5, 5.41) is 6.85. The Hall–Kier alpha value is -2.14. The predicted octanol–water partition coefficient (Wildman–Crippen LogP) is 2.43. The van der Waals surface area contributed by atoms with Crippen LogP contribution in [0, 0.1) is 0 Å². The molecule has 0 saturated carbocycles. The number of methoxy groups -OCH3 is 1. The molecule has 0 spiro atoms. The fourth-order valence-electron chi connectivity index (χ4n) is 2.16. The highest BCUT2D eigenvalue weighted by molar-refractivity contribution is 6.07. The van der Waals surface area contributed by atoms with Crippen molar-refractivity contribution in [2.75, 3.05) is 26.1 Å². The molecule has 2 N–H and O–H groups in total. The van der Waals surface area contributed by atoms with Gasteiger partial charge in [-0.15, -0.1) is 0 Å². The summed E-state index contributed by atoms with van der Waals surface area (Å²) in [5.41, 5.74) is 1.44. The number of fused-ring (bicyclic) bond motifs is 1. The van der Waals surface area contributed by atoms with E-state index in [1.54, 1.807) is 20.2 Å². The molecular formula is C16H21N3O2. The first kappa shape index (κ1) is 15.3. The van der Waals surface area contributed by atoms with E-state index in [0.717, 1.165) is 17.3 Å². The number of para-hydroxylation sites is 1. The van der Waals surface area contributed by atoms with Crippen molar-refractivity contribution in [3.05, 3.63) is 35.9 Å². The second kappa shape index (κ2) is 7.04. The smallest absolute Gasteiger partial charge is 0.252 e. The number of amides is 1. The third kappa shape index (κ3) is 3.70. The summed E-state index contributed by atoms with van der Waals surface area (Å²) < 4.78 is 5.04. The van der Waals surface area contributed by atoms with Crippen LogP contribution in [-0.2, 0) is 4.74 Å². The fourth-order valence-corrected chi connectivity index (χ4v) is 2.16. The third-order valence-electron chi connectivity index (χ3n) is 3.35. The lowest BCUT2D eigenvalue weighted by Crippen LogP contribution is -2.33. The van der Waals surface area contributed by atoms with Gasteiger partial charge in [0, 0.05) is 32.2 Å². The van der Waals surface area contributed by atoms with Gasteiger partial charge in [-0.2, -0.15) is 0 Å². The van der Waals surface area contributed by atoms with E-state index < -0.39 is 0 Å². The monoisotopic (exact) mass is 287 g/mol. The molecule has 0 bridgehead atoms. The van der Waals surface area contributed by atoms with Crippen LogP contribution in [0.25, 0.3) is 10.9 Å². The summed E-state index contributed by atoms with van der Waals surface area (Å²) >= 11 is 0. The van der Waals surface area contributed by atoms with Crippen LogP contribution in [0.2, 0.25) is 0 Å². The Bertz CT molecular complexity index is 628. The normalized spacial score (nSPS) is 12.1. The second-order valence-corrected chi connectivity index (χ2v) is 4.98. The lowest BCUT2D eigenvalue weighted by atomic mass is 10.1. The Labute approximate surface area is 124 Å². The summed E-state index contributed by atoms with van der Waals surface area (Å²) in [6, 6.07) is 9.48. The molecule has 21 heavy (non-hydrogen) atoms. The highest BCUT2D eigenvalue weighted by Gasteiger charge is 2.14. The number of carbonyl (C=O) groups excluding carboxylic acids is 1. The van der Waals surface area contributed by atoms with Gasteiger partial charge < -0.3 is 15.4 Å². The maximum Gasteiger partial charge on any atom is 0.252 e. The largest absolute Gasteiger partial charge is 0.385 e. The van der Waals surface area contributed by atoms with Crippen molar-refractivity contribution in [3.8, 4) is 0 Å². The van der Waals surface area contributed by atoms with Crippen LogP contribution in [0.4, 0.5) is 5.82 Å². The van der Waals surface area contributed by atoms with Crippen molar-refractivity contribution in [1.82, 2.24) is 10.3 Å². The van der Waals surface area contributed by atoms with E-state index >= 15 is 0 Å². The Morgan fingerprint density at radius 3 is 2.86 bits per heavy atom. The van der Waals surface area contributed by atoms with Crippen molar-refractivity contribution >= 4 is 22.6 Å². The van der Waals surface area contributed by atoms with Gasteiger partial charge in [-0.05, 0) is 25.5 Å². The van der Waals surface area contributed by atoms with Gasteiger partial charge in [0.1, 0.15) is 5.82 Å². The Balaban J connectivity index is 2.29. The van der Waals surface area contributed by atoms with Crippen LogP contribution < -0.4 is 10.6 Å². The van der Waals surface area contributed by atoms with E-state index in [-0.39, 0.29) is 11.9 Å². The van der Waals surface area contributed by atoms with Gasteiger partial charge in [-0.1, -0.05) is 18.2 Å². The van der Waals surface area contributed by atoms with Crippen LogP contribution in [-0.4, -0.2) is 37.7 Å². The summed E-state index contributed by atoms with van der Waals surface area (Å²) in [5.74, 6) is 0.595. The average molecular weight is 287 g/mol. The van der Waals surface area contributed by atoms with Crippen LogP contribution in [0.15, 0.2) is 30.3 Å². The molecule has 0 fully saturated rings. The summed E-state index contributed by atoms with van der Waals surface area (Å²) in [7, 11) is 3.45. The molecule has 2 aromatic rings. The maximum absolute atomic E-state index is 12.5. The van der Waals surface area contributed by atoms with Gasteiger partial charge in [0.15, 0.2) is 0 Å². The van der Waals surface area contributed by atoms with Crippen molar-refractivity contribution in [1.29, 1.82) is 0 Å². The van der Waals surface area contributed by atoms with E-state index in [4.69, 9.17) is 4.74 Å². The molecule has 112 valence electrons. The molecule has 5 heteroatoms. The number of pyridine rings is 1. The van der Waals surface area contributed by atoms with Crippen molar-refractivity contribution in [3.63, 3.8) is 0 Å². The number of hydrogen-bond donors (Lipinski definition) is 2. The van der Waals surface area contributed by atoms with Gasteiger partial charge in [-0.3, -0.25) is 4.79 Å². The summed E-state index contributed by atoms with van der Waals surface area (Å²) in [6.45, 7) is 2.60. The first-order valence-corrected chi connectivity index (χ1v) is 7.03. The molecule has 1 amide bonds. The molecule has 5 nitrogen and oxygen atoms in total. The molecule has 1 heterocycles. The first-order chi connectivity index (χ1) is 10.2. The number of benzene rings is 1. The zero-order chi connectivity index (χ0) is 15.2. The minimum Gasteiger partial charge on any atom is -0.385 e. The Morgan fingerprint density at radius 1 is 1.38 bits per heavy atom. The number of hydrogen-bond acceptors (Lipinski definition) is 4. The Kier molecular flexibility index (Phi) is 5.11. The van der Waals surface area contributed by atoms with Crippen LogP contribution >= 0.6 is 0 Å². The van der Waals surface area contributed by atoms with Crippen molar-refractivity contribution < 1.29 is 9.53 Å². The van der Waals surface area contributed by atoms with Gasteiger partial charge in [0.2, 0.25) is 0 Å². The molecule has 0 aliphatic carbocycles. The van der Waals surface area contributed by atoms with E-state index in [9.17, 15) is 4.79 Å². The molecule has 2 rings (SSSR count). The summed E-state index contributed by atoms with van der Waals surface area (Å²) in [4.78, 5) is 16.9. The SMILES string of the molecule is CNc1cc(C(=O)NC(C)CCOC)c2ccccc2n1. The zero-order valence-corrected chi connectivity index (χ0v) is 12.6. The lowest BCUT2D eigenvalue weighted by Gasteiger charge is -2.15. The predicted molar refractivity (Wildman–Crippen MR) is 84.7 cm³/mol. The molecule has 0 aliphatic rings. The number of aromatic nitrogens is 1. The van der Waals surface area contributed by atoms with E-state index in [2.05, 4.69) is 15.6 Å². The standard InChI is InChI=1S/C16H21N3O2/c1-11(8-9-21-3)18-16(20)13-10-15(17-2)19-14-7-5-4-6-12(13)14/h4-7,10-11H,8-9H2,1-3H3,(H,17,19)(H,18,20). The molecule has 0 aliphatic heterocycles. The number of nitrogens with one attached hydrogen (secondary N) is 2. The van der Waals surface area contributed by atoms with E-state index in [1.807, 2.05) is 31.2 Å². The zero-order valence-electron chi connectivity index (χ0n) is 12.6. The van der Waals surface area contributed by atoms with Crippen molar-refractivity contribution in [2.45, 2.75) is 19.4 Å². The number of ether oxygens (including phenoxy) is 1. The van der Waals surface area contributed by atoms with Crippen LogP contribution in [0.5, 0.6) is 0 Å². The van der Waals surface area contributed by atoms with Crippen LogP contribution in [0.1, 0.15) is 23.7 Å². The molecule has 1 atom stereocenters. The second-order valence-electron chi connectivity index (χ2n) is 4.98.